The van der Waals surface area contributed by atoms with Crippen molar-refractivity contribution in [2.24, 2.45) is 0 Å². The Hall–Kier alpha value is -3.36. The third-order valence-corrected chi connectivity index (χ3v) is 4.88. The fourth-order valence-electron chi connectivity index (χ4n) is 3.39. The van der Waals surface area contributed by atoms with Crippen LogP contribution in [0.2, 0.25) is 0 Å². The van der Waals surface area contributed by atoms with Gasteiger partial charge < -0.3 is 14.2 Å². The maximum Gasteiger partial charge on any atom is 0.433 e. The molecule has 0 N–H and O–H groups in total. The fourth-order valence-corrected chi connectivity index (χ4v) is 3.39. The third-order valence-electron chi connectivity index (χ3n) is 4.88. The van der Waals surface area contributed by atoms with Crippen molar-refractivity contribution in [3.05, 3.63) is 72.3 Å². The molecule has 0 spiro atoms. The standard InChI is InChI=1S/C21H19F3N4O2/c22-21(23,24)18-9-10-25-20(26-18)30-17-4-3-13-28(14-17)19(29)15-5-7-16(8-6-15)27-11-1-2-12-27/h1-2,5-12,17H,3-4,13-14H2. The first-order chi connectivity index (χ1) is 14.4. The van der Waals surface area contributed by atoms with Gasteiger partial charge in [-0.15, -0.1) is 0 Å². The first-order valence-electron chi connectivity index (χ1n) is 9.50. The van der Waals surface area contributed by atoms with Crippen LogP contribution in [0.4, 0.5) is 13.2 Å². The highest BCUT2D eigenvalue weighted by molar-refractivity contribution is 5.94. The van der Waals surface area contributed by atoms with Crippen molar-refractivity contribution in [2.45, 2.75) is 25.1 Å². The number of hydrogen-bond acceptors (Lipinski definition) is 4. The summed E-state index contributed by atoms with van der Waals surface area (Å²) in [5.74, 6) is -0.146. The molecule has 2 aromatic heterocycles. The summed E-state index contributed by atoms with van der Waals surface area (Å²) in [5.41, 5.74) is 0.430. The van der Waals surface area contributed by atoms with Crippen molar-refractivity contribution in [2.75, 3.05) is 13.1 Å². The molecule has 1 atom stereocenters. The van der Waals surface area contributed by atoms with Crippen LogP contribution in [0.25, 0.3) is 5.69 Å². The molecule has 156 valence electrons. The Balaban J connectivity index is 1.42. The molecule has 1 aliphatic heterocycles. The van der Waals surface area contributed by atoms with Crippen LogP contribution in [-0.2, 0) is 6.18 Å². The first-order valence-corrected chi connectivity index (χ1v) is 9.50. The molecule has 0 saturated carbocycles. The lowest BCUT2D eigenvalue weighted by Gasteiger charge is -2.32. The van der Waals surface area contributed by atoms with E-state index in [1.807, 2.05) is 41.2 Å². The number of carbonyl (C=O) groups is 1. The van der Waals surface area contributed by atoms with Crippen LogP contribution in [0.3, 0.4) is 0 Å². The summed E-state index contributed by atoms with van der Waals surface area (Å²) in [6.45, 7) is 0.819. The minimum atomic E-state index is -4.57. The predicted octanol–water partition coefficient (Wildman–Crippen LogP) is 3.97. The summed E-state index contributed by atoms with van der Waals surface area (Å²) in [7, 11) is 0. The number of alkyl halides is 3. The van der Waals surface area contributed by atoms with Crippen LogP contribution in [0, 0.1) is 0 Å². The molecule has 30 heavy (non-hydrogen) atoms. The topological polar surface area (TPSA) is 60.2 Å². The van der Waals surface area contributed by atoms with Crippen molar-refractivity contribution in [1.29, 1.82) is 0 Å². The average Bonchev–Trinajstić information content (AvgIpc) is 3.28. The lowest BCUT2D eigenvalue weighted by atomic mass is 10.1. The Morgan fingerprint density at radius 1 is 1.10 bits per heavy atom. The van der Waals surface area contributed by atoms with Crippen molar-refractivity contribution >= 4 is 5.91 Å². The number of carbonyl (C=O) groups excluding carboxylic acids is 1. The smallest absolute Gasteiger partial charge is 0.433 e. The number of ether oxygens (including phenoxy) is 1. The van der Waals surface area contributed by atoms with E-state index in [2.05, 4.69) is 9.97 Å². The molecule has 3 heterocycles. The number of benzene rings is 1. The van der Waals surface area contributed by atoms with Crippen LogP contribution >= 0.6 is 0 Å². The van der Waals surface area contributed by atoms with Crippen molar-refractivity contribution in [3.8, 4) is 11.7 Å². The zero-order valence-corrected chi connectivity index (χ0v) is 15.9. The fraction of sp³-hybridized carbons (Fsp3) is 0.286. The van der Waals surface area contributed by atoms with Gasteiger partial charge in [-0.05, 0) is 55.3 Å². The molecule has 1 aromatic carbocycles. The molecular weight excluding hydrogens is 397 g/mol. The molecule has 1 saturated heterocycles. The normalized spacial score (nSPS) is 17.0. The van der Waals surface area contributed by atoms with Gasteiger partial charge in [-0.25, -0.2) is 4.98 Å². The molecule has 0 aliphatic carbocycles. The maximum absolute atomic E-state index is 12.9. The lowest BCUT2D eigenvalue weighted by molar-refractivity contribution is -0.141. The van der Waals surface area contributed by atoms with E-state index in [0.29, 0.717) is 24.9 Å². The highest BCUT2D eigenvalue weighted by atomic mass is 19.4. The summed E-state index contributed by atoms with van der Waals surface area (Å²) < 4.78 is 46.0. The lowest BCUT2D eigenvalue weighted by Crippen LogP contribution is -2.44. The van der Waals surface area contributed by atoms with Gasteiger partial charge in [-0.3, -0.25) is 4.79 Å². The minimum absolute atomic E-state index is 0.146. The Morgan fingerprint density at radius 2 is 1.83 bits per heavy atom. The molecule has 1 amide bonds. The number of halogens is 3. The Bertz CT molecular complexity index is 1000. The quantitative estimate of drug-likeness (QED) is 0.646. The molecular formula is C21H19F3N4O2. The second-order valence-electron chi connectivity index (χ2n) is 6.99. The summed E-state index contributed by atoms with van der Waals surface area (Å²) >= 11 is 0. The number of likely N-dealkylation sites (tertiary alicyclic amines) is 1. The van der Waals surface area contributed by atoms with Gasteiger partial charge in [0, 0.05) is 36.4 Å². The molecule has 3 aromatic rings. The van der Waals surface area contributed by atoms with Gasteiger partial charge in [0.05, 0.1) is 6.54 Å². The third kappa shape index (κ3) is 4.45. The monoisotopic (exact) mass is 416 g/mol. The first kappa shape index (κ1) is 19.9. The summed E-state index contributed by atoms with van der Waals surface area (Å²) in [4.78, 5) is 21.7. The van der Waals surface area contributed by atoms with E-state index >= 15 is 0 Å². The summed E-state index contributed by atoms with van der Waals surface area (Å²) in [6, 6.07) is 11.5. The number of aromatic nitrogens is 3. The number of piperidine rings is 1. The van der Waals surface area contributed by atoms with E-state index in [1.54, 1.807) is 17.0 Å². The maximum atomic E-state index is 12.9. The number of nitrogens with zero attached hydrogens (tertiary/aromatic N) is 4. The van der Waals surface area contributed by atoms with Crippen molar-refractivity contribution in [3.63, 3.8) is 0 Å². The highest BCUT2D eigenvalue weighted by Gasteiger charge is 2.33. The average molecular weight is 416 g/mol. The van der Waals surface area contributed by atoms with E-state index < -0.39 is 18.0 Å². The molecule has 4 rings (SSSR count). The molecule has 9 heteroatoms. The summed E-state index contributed by atoms with van der Waals surface area (Å²) in [5, 5.41) is 0. The van der Waals surface area contributed by atoms with E-state index in [9.17, 15) is 18.0 Å². The van der Waals surface area contributed by atoms with Crippen molar-refractivity contribution in [1.82, 2.24) is 19.4 Å². The Kier molecular flexibility index (Phi) is 5.43. The Morgan fingerprint density at radius 3 is 2.53 bits per heavy atom. The van der Waals surface area contributed by atoms with Crippen LogP contribution in [0.1, 0.15) is 28.9 Å². The molecule has 1 fully saturated rings. The van der Waals surface area contributed by atoms with Crippen LogP contribution < -0.4 is 4.74 Å². The van der Waals surface area contributed by atoms with Crippen LogP contribution in [-0.4, -0.2) is 44.5 Å². The predicted molar refractivity (Wildman–Crippen MR) is 102 cm³/mol. The van der Waals surface area contributed by atoms with E-state index in [1.165, 1.54) is 0 Å². The van der Waals surface area contributed by atoms with Gasteiger partial charge in [0.15, 0.2) is 5.69 Å². The van der Waals surface area contributed by atoms with Crippen molar-refractivity contribution < 1.29 is 22.7 Å². The van der Waals surface area contributed by atoms with Crippen LogP contribution in [0.5, 0.6) is 6.01 Å². The van der Waals surface area contributed by atoms with Gasteiger partial charge in [0.25, 0.3) is 5.91 Å². The van der Waals surface area contributed by atoms with E-state index in [0.717, 1.165) is 18.0 Å². The largest absolute Gasteiger partial charge is 0.458 e. The molecule has 1 aliphatic rings. The zero-order valence-electron chi connectivity index (χ0n) is 15.9. The Labute approximate surface area is 170 Å². The molecule has 6 nitrogen and oxygen atoms in total. The van der Waals surface area contributed by atoms with E-state index in [4.69, 9.17) is 4.74 Å². The highest BCUT2D eigenvalue weighted by Crippen LogP contribution is 2.28. The molecule has 1 unspecified atom stereocenters. The number of amides is 1. The van der Waals surface area contributed by atoms with Gasteiger partial charge in [-0.1, -0.05) is 0 Å². The SMILES string of the molecule is O=C(c1ccc(-n2cccc2)cc1)N1CCCC(Oc2nccc(C(F)(F)F)n2)C1. The summed E-state index contributed by atoms with van der Waals surface area (Å²) in [6.07, 6.45) is 1.10. The van der Waals surface area contributed by atoms with Crippen LogP contribution in [0.15, 0.2) is 61.1 Å². The number of hydrogen-bond donors (Lipinski definition) is 0. The second-order valence-corrected chi connectivity index (χ2v) is 6.99. The number of rotatable bonds is 4. The van der Waals surface area contributed by atoms with Gasteiger partial charge >= 0.3 is 12.2 Å². The molecule has 0 bridgehead atoms. The zero-order chi connectivity index (χ0) is 21.1. The second kappa shape index (κ2) is 8.17. The van der Waals surface area contributed by atoms with E-state index in [-0.39, 0.29) is 18.5 Å². The van der Waals surface area contributed by atoms with Gasteiger partial charge in [0.2, 0.25) is 0 Å². The van der Waals surface area contributed by atoms with Gasteiger partial charge in [-0.2, -0.15) is 18.2 Å². The molecule has 0 radical (unpaired) electrons. The minimum Gasteiger partial charge on any atom is -0.458 e. The van der Waals surface area contributed by atoms with Gasteiger partial charge in [0.1, 0.15) is 6.10 Å².